The van der Waals surface area contributed by atoms with Crippen LogP contribution >= 0.6 is 0 Å². The molecule has 0 radical (unpaired) electrons. The van der Waals surface area contributed by atoms with Gasteiger partial charge in [-0.1, -0.05) is 12.8 Å². The fourth-order valence-electron chi connectivity index (χ4n) is 3.64. The average molecular weight is 251 g/mol. The van der Waals surface area contributed by atoms with E-state index >= 15 is 0 Å². The second kappa shape index (κ2) is 5.57. The van der Waals surface area contributed by atoms with E-state index < -0.39 is 0 Å². The van der Waals surface area contributed by atoms with Crippen molar-refractivity contribution in [2.45, 2.75) is 50.6 Å². The van der Waals surface area contributed by atoms with E-state index in [9.17, 15) is 4.79 Å². The first-order valence-electron chi connectivity index (χ1n) is 7.61. The van der Waals surface area contributed by atoms with Gasteiger partial charge in [-0.25, -0.2) is 0 Å². The number of hydrogen-bond donors (Lipinski definition) is 1. The summed E-state index contributed by atoms with van der Waals surface area (Å²) in [4.78, 5) is 17.2. The molecule has 0 saturated carbocycles. The van der Waals surface area contributed by atoms with Gasteiger partial charge in [0.2, 0.25) is 5.91 Å². The number of hydrogen-bond acceptors (Lipinski definition) is 3. The van der Waals surface area contributed by atoms with Crippen molar-refractivity contribution in [1.82, 2.24) is 15.1 Å². The number of carbonyl (C=O) groups is 1. The Morgan fingerprint density at radius 1 is 1.00 bits per heavy atom. The van der Waals surface area contributed by atoms with Crippen LogP contribution in [0.5, 0.6) is 0 Å². The molecule has 0 aliphatic carbocycles. The highest BCUT2D eigenvalue weighted by Gasteiger charge is 2.33. The van der Waals surface area contributed by atoms with Crippen LogP contribution in [0, 0.1) is 0 Å². The van der Waals surface area contributed by atoms with E-state index in [1.54, 1.807) is 0 Å². The van der Waals surface area contributed by atoms with Crippen LogP contribution in [-0.2, 0) is 4.79 Å². The van der Waals surface area contributed by atoms with E-state index in [1.165, 1.54) is 38.6 Å². The van der Waals surface area contributed by atoms with E-state index in [4.69, 9.17) is 0 Å². The molecule has 3 fully saturated rings. The number of carbonyl (C=O) groups excluding carboxylic acids is 1. The van der Waals surface area contributed by atoms with Gasteiger partial charge in [-0.3, -0.25) is 9.69 Å². The Morgan fingerprint density at radius 2 is 1.89 bits per heavy atom. The molecule has 3 aliphatic rings. The molecular weight excluding hydrogens is 226 g/mol. The van der Waals surface area contributed by atoms with Crippen LogP contribution in [0.4, 0.5) is 0 Å². The van der Waals surface area contributed by atoms with Crippen molar-refractivity contribution in [3.05, 3.63) is 0 Å². The minimum Gasteiger partial charge on any atom is -0.338 e. The van der Waals surface area contributed by atoms with Gasteiger partial charge >= 0.3 is 0 Å². The van der Waals surface area contributed by atoms with Gasteiger partial charge in [0.15, 0.2) is 0 Å². The zero-order valence-electron chi connectivity index (χ0n) is 11.2. The standard InChI is InChI=1S/C14H25N3O/c18-14(13-6-1-3-7-15-13)17-10-9-16-8-4-2-5-12(16)11-17/h12-13,15H,1-11H2/t12?,13-/m1/s1. The summed E-state index contributed by atoms with van der Waals surface area (Å²) in [5.74, 6) is 0.361. The maximum Gasteiger partial charge on any atom is 0.239 e. The van der Waals surface area contributed by atoms with Gasteiger partial charge in [0.1, 0.15) is 0 Å². The number of fused-ring (bicyclic) bond motifs is 1. The quantitative estimate of drug-likeness (QED) is 0.749. The summed E-state index contributed by atoms with van der Waals surface area (Å²) < 4.78 is 0. The predicted molar refractivity (Wildman–Crippen MR) is 71.4 cm³/mol. The van der Waals surface area contributed by atoms with Crippen molar-refractivity contribution < 1.29 is 4.79 Å². The van der Waals surface area contributed by atoms with Gasteiger partial charge < -0.3 is 10.2 Å². The largest absolute Gasteiger partial charge is 0.338 e. The lowest BCUT2D eigenvalue weighted by molar-refractivity contribution is -0.137. The van der Waals surface area contributed by atoms with Crippen molar-refractivity contribution in [3.8, 4) is 0 Å². The number of piperazine rings is 1. The summed E-state index contributed by atoms with van der Waals surface area (Å²) in [5.41, 5.74) is 0. The Bertz CT molecular complexity index is 301. The smallest absolute Gasteiger partial charge is 0.239 e. The second-order valence-corrected chi connectivity index (χ2v) is 5.97. The normalized spacial score (nSPS) is 34.1. The molecule has 1 N–H and O–H groups in total. The van der Waals surface area contributed by atoms with Crippen LogP contribution in [-0.4, -0.2) is 60.5 Å². The van der Waals surface area contributed by atoms with E-state index in [0.29, 0.717) is 11.9 Å². The number of piperidine rings is 2. The molecule has 0 spiro atoms. The lowest BCUT2D eigenvalue weighted by atomic mass is 9.98. The lowest BCUT2D eigenvalue weighted by Crippen LogP contribution is -2.59. The highest BCUT2D eigenvalue weighted by atomic mass is 16.2. The first kappa shape index (κ1) is 12.4. The monoisotopic (exact) mass is 251 g/mol. The number of nitrogens with zero attached hydrogens (tertiary/aromatic N) is 2. The molecule has 18 heavy (non-hydrogen) atoms. The van der Waals surface area contributed by atoms with Crippen molar-refractivity contribution in [3.63, 3.8) is 0 Å². The van der Waals surface area contributed by atoms with Crippen molar-refractivity contribution in [2.75, 3.05) is 32.7 Å². The zero-order valence-corrected chi connectivity index (χ0v) is 11.2. The van der Waals surface area contributed by atoms with E-state index in [0.717, 1.165) is 32.6 Å². The minimum absolute atomic E-state index is 0.105. The van der Waals surface area contributed by atoms with Crippen LogP contribution in [0.25, 0.3) is 0 Å². The summed E-state index contributed by atoms with van der Waals surface area (Å²) in [5, 5.41) is 3.38. The van der Waals surface area contributed by atoms with Crippen LogP contribution in [0.1, 0.15) is 38.5 Å². The molecule has 4 heteroatoms. The third kappa shape index (κ3) is 2.54. The second-order valence-electron chi connectivity index (χ2n) is 5.97. The van der Waals surface area contributed by atoms with Crippen molar-refractivity contribution >= 4 is 5.91 Å². The highest BCUT2D eigenvalue weighted by Crippen LogP contribution is 2.22. The molecule has 3 saturated heterocycles. The Hall–Kier alpha value is -0.610. The lowest BCUT2D eigenvalue weighted by Gasteiger charge is -2.45. The Kier molecular flexibility index (Phi) is 3.85. The van der Waals surface area contributed by atoms with Gasteiger partial charge in [-0.05, 0) is 38.8 Å². The fourth-order valence-corrected chi connectivity index (χ4v) is 3.64. The zero-order chi connectivity index (χ0) is 12.4. The number of amides is 1. The van der Waals surface area contributed by atoms with Crippen LogP contribution in [0.15, 0.2) is 0 Å². The Morgan fingerprint density at radius 3 is 2.72 bits per heavy atom. The van der Waals surface area contributed by atoms with Crippen molar-refractivity contribution in [1.29, 1.82) is 0 Å². The van der Waals surface area contributed by atoms with Crippen LogP contribution in [0.3, 0.4) is 0 Å². The summed E-state index contributed by atoms with van der Waals surface area (Å²) in [6, 6.07) is 0.744. The summed E-state index contributed by atoms with van der Waals surface area (Å²) >= 11 is 0. The predicted octanol–water partition coefficient (Wildman–Crippen LogP) is 0.825. The number of nitrogens with one attached hydrogen (secondary N) is 1. The average Bonchev–Trinajstić information content (AvgIpc) is 2.47. The molecular formula is C14H25N3O. The van der Waals surface area contributed by atoms with E-state index in [1.807, 2.05) is 0 Å². The first-order chi connectivity index (χ1) is 8.84. The third-order valence-corrected chi connectivity index (χ3v) is 4.76. The summed E-state index contributed by atoms with van der Waals surface area (Å²) in [7, 11) is 0. The summed E-state index contributed by atoms with van der Waals surface area (Å²) in [6.45, 7) is 5.25. The maximum absolute atomic E-state index is 12.5. The topological polar surface area (TPSA) is 35.6 Å². The molecule has 3 heterocycles. The SMILES string of the molecule is O=C([C@H]1CCCCN1)N1CCN2CCCCC2C1. The van der Waals surface area contributed by atoms with Gasteiger partial charge in [0.25, 0.3) is 0 Å². The number of rotatable bonds is 1. The molecule has 0 aromatic rings. The fraction of sp³-hybridized carbons (Fsp3) is 0.929. The third-order valence-electron chi connectivity index (χ3n) is 4.76. The molecule has 1 amide bonds. The van der Waals surface area contributed by atoms with Crippen molar-refractivity contribution in [2.24, 2.45) is 0 Å². The van der Waals surface area contributed by atoms with Gasteiger partial charge in [0.05, 0.1) is 6.04 Å². The molecule has 0 aromatic heterocycles. The summed E-state index contributed by atoms with van der Waals surface area (Å²) in [6.07, 6.45) is 7.41. The van der Waals surface area contributed by atoms with Crippen LogP contribution < -0.4 is 5.32 Å². The molecule has 1 unspecified atom stereocenters. The van der Waals surface area contributed by atoms with Gasteiger partial charge in [0, 0.05) is 25.7 Å². The molecule has 0 aromatic carbocycles. The van der Waals surface area contributed by atoms with E-state index in [-0.39, 0.29) is 6.04 Å². The first-order valence-corrected chi connectivity index (χ1v) is 7.61. The Balaban J connectivity index is 1.57. The minimum atomic E-state index is 0.105. The van der Waals surface area contributed by atoms with Gasteiger partial charge in [-0.15, -0.1) is 0 Å². The molecule has 3 aliphatic heterocycles. The van der Waals surface area contributed by atoms with E-state index in [2.05, 4.69) is 15.1 Å². The molecule has 3 rings (SSSR count). The van der Waals surface area contributed by atoms with Gasteiger partial charge in [-0.2, -0.15) is 0 Å². The molecule has 102 valence electrons. The maximum atomic E-state index is 12.5. The molecule has 4 nitrogen and oxygen atoms in total. The highest BCUT2D eigenvalue weighted by molar-refractivity contribution is 5.82. The molecule has 2 atom stereocenters. The Labute approximate surface area is 110 Å². The molecule has 0 bridgehead atoms. The van der Waals surface area contributed by atoms with Crippen LogP contribution in [0.2, 0.25) is 0 Å².